The van der Waals surface area contributed by atoms with Crippen LogP contribution < -0.4 is 0 Å². The third-order valence-electron chi connectivity index (χ3n) is 3.05. The van der Waals surface area contributed by atoms with E-state index in [2.05, 4.69) is 0 Å². The zero-order chi connectivity index (χ0) is 20.3. The summed E-state index contributed by atoms with van der Waals surface area (Å²) in [7, 11) is 2.65. The number of carbonyl (C=O) groups excluding carboxylic acids is 4. The first kappa shape index (κ1) is 23.8. The predicted octanol–water partition coefficient (Wildman–Crippen LogP) is 0.00600. The van der Waals surface area contributed by atoms with Crippen molar-refractivity contribution in [1.82, 2.24) is 0 Å². The molecular weight excluding hydrogens is 352 g/mol. The zero-order valence-electron chi connectivity index (χ0n) is 15.8. The first-order valence-corrected chi connectivity index (χ1v) is 7.79. The molecule has 0 aliphatic rings. The average molecular weight is 378 g/mol. The van der Waals surface area contributed by atoms with Gasteiger partial charge < -0.3 is 28.4 Å². The molecule has 0 fully saturated rings. The molecule has 0 aliphatic heterocycles. The van der Waals surface area contributed by atoms with Crippen molar-refractivity contribution < 1.29 is 47.6 Å². The van der Waals surface area contributed by atoms with Crippen LogP contribution in [0.4, 0.5) is 0 Å². The number of methoxy groups -OCH3 is 2. The summed E-state index contributed by atoms with van der Waals surface area (Å²) in [4.78, 5) is 45.4. The molecule has 0 aliphatic carbocycles. The predicted molar refractivity (Wildman–Crippen MR) is 86.0 cm³/mol. The summed E-state index contributed by atoms with van der Waals surface area (Å²) in [5.41, 5.74) is 0. The summed E-state index contributed by atoms with van der Waals surface area (Å²) in [5.74, 6) is -2.58. The molecule has 0 aromatic carbocycles. The Bertz CT molecular complexity index is 489. The molecule has 0 aromatic rings. The van der Waals surface area contributed by atoms with Gasteiger partial charge in [0.25, 0.3) is 0 Å². The maximum absolute atomic E-state index is 11.5. The molecule has 26 heavy (non-hydrogen) atoms. The quantitative estimate of drug-likeness (QED) is 0.358. The molecule has 0 saturated heterocycles. The minimum atomic E-state index is -1.18. The molecule has 0 amide bonds. The Labute approximate surface area is 152 Å². The van der Waals surface area contributed by atoms with Gasteiger partial charge in [-0.1, -0.05) is 0 Å². The number of carbonyl (C=O) groups is 4. The van der Waals surface area contributed by atoms with Crippen LogP contribution in [-0.2, 0) is 47.6 Å². The van der Waals surface area contributed by atoms with Crippen molar-refractivity contribution in [2.24, 2.45) is 0 Å². The average Bonchev–Trinajstić information content (AvgIpc) is 2.50. The minimum Gasteiger partial charge on any atom is -0.462 e. The summed E-state index contributed by atoms with van der Waals surface area (Å²) < 4.78 is 30.7. The van der Waals surface area contributed by atoms with Crippen molar-refractivity contribution in [2.45, 2.75) is 52.1 Å². The first-order valence-electron chi connectivity index (χ1n) is 7.79. The van der Waals surface area contributed by atoms with E-state index in [0.29, 0.717) is 0 Å². The Balaban J connectivity index is 5.72. The highest BCUT2D eigenvalue weighted by Crippen LogP contribution is 2.19. The topological polar surface area (TPSA) is 124 Å². The van der Waals surface area contributed by atoms with Crippen LogP contribution >= 0.6 is 0 Å². The van der Waals surface area contributed by atoms with Crippen LogP contribution in [0.15, 0.2) is 0 Å². The standard InChI is InChI=1S/C16H26O10/c1-9(17)23-8-14(25-11(3)19)15(22-6)16(26-12(4)20)13(7-21-5)24-10(2)18/h13-16H,7-8H2,1-6H3/t13-,14+,15-,16+/m1/s1. The van der Waals surface area contributed by atoms with E-state index in [1.807, 2.05) is 0 Å². The highest BCUT2D eigenvalue weighted by Gasteiger charge is 2.41. The Hall–Kier alpha value is -2.20. The van der Waals surface area contributed by atoms with Crippen molar-refractivity contribution in [3.8, 4) is 0 Å². The molecule has 0 radical (unpaired) electrons. The summed E-state index contributed by atoms with van der Waals surface area (Å²) >= 11 is 0. The highest BCUT2D eigenvalue weighted by atomic mass is 16.6. The van der Waals surface area contributed by atoms with Crippen LogP contribution in [0.3, 0.4) is 0 Å². The van der Waals surface area contributed by atoms with Gasteiger partial charge in [0.2, 0.25) is 0 Å². The van der Waals surface area contributed by atoms with Crippen LogP contribution in [0.5, 0.6) is 0 Å². The fourth-order valence-electron chi connectivity index (χ4n) is 2.23. The van der Waals surface area contributed by atoms with Gasteiger partial charge in [-0.05, 0) is 0 Å². The lowest BCUT2D eigenvalue weighted by atomic mass is 10.0. The van der Waals surface area contributed by atoms with Crippen LogP contribution in [-0.4, -0.2) is 75.7 Å². The van der Waals surface area contributed by atoms with Gasteiger partial charge in [0.05, 0.1) is 6.61 Å². The number of hydrogen-bond donors (Lipinski definition) is 0. The summed E-state index contributed by atoms with van der Waals surface area (Å²) in [6.07, 6.45) is -4.43. The second-order valence-electron chi connectivity index (χ2n) is 5.33. The Morgan fingerprint density at radius 1 is 0.654 bits per heavy atom. The number of hydrogen-bond acceptors (Lipinski definition) is 10. The van der Waals surface area contributed by atoms with Crippen LogP contribution in [0.2, 0.25) is 0 Å². The minimum absolute atomic E-state index is 0.113. The normalized spacial score (nSPS) is 15.2. The van der Waals surface area contributed by atoms with Crippen molar-refractivity contribution in [1.29, 1.82) is 0 Å². The van der Waals surface area contributed by atoms with Gasteiger partial charge in [0.15, 0.2) is 18.3 Å². The SMILES string of the molecule is COC[C@@H](OC(C)=O)[C@H](OC(C)=O)[C@H](OC)[C@H](COC(C)=O)OC(C)=O. The van der Waals surface area contributed by atoms with E-state index in [-0.39, 0.29) is 13.2 Å². The largest absolute Gasteiger partial charge is 0.462 e. The third-order valence-corrected chi connectivity index (χ3v) is 3.05. The smallest absolute Gasteiger partial charge is 0.303 e. The maximum atomic E-state index is 11.5. The van der Waals surface area contributed by atoms with E-state index in [1.165, 1.54) is 28.1 Å². The summed E-state index contributed by atoms with van der Waals surface area (Å²) in [6.45, 7) is 4.22. The van der Waals surface area contributed by atoms with E-state index in [1.54, 1.807) is 0 Å². The second-order valence-corrected chi connectivity index (χ2v) is 5.33. The number of ether oxygens (including phenoxy) is 6. The zero-order valence-corrected chi connectivity index (χ0v) is 15.8. The molecule has 0 bridgehead atoms. The molecule has 0 unspecified atom stereocenters. The van der Waals surface area contributed by atoms with Crippen LogP contribution in [0, 0.1) is 0 Å². The molecule has 0 rings (SSSR count). The van der Waals surface area contributed by atoms with Crippen molar-refractivity contribution in [2.75, 3.05) is 27.4 Å². The molecule has 0 N–H and O–H groups in total. The fourth-order valence-corrected chi connectivity index (χ4v) is 2.23. The molecule has 0 heterocycles. The van der Waals surface area contributed by atoms with E-state index in [4.69, 9.17) is 28.4 Å². The molecule has 10 heteroatoms. The fraction of sp³-hybridized carbons (Fsp3) is 0.750. The van der Waals surface area contributed by atoms with Crippen molar-refractivity contribution in [3.05, 3.63) is 0 Å². The lowest BCUT2D eigenvalue weighted by Gasteiger charge is -2.34. The molecule has 0 spiro atoms. The third kappa shape index (κ3) is 9.33. The van der Waals surface area contributed by atoms with Gasteiger partial charge in [0.1, 0.15) is 12.7 Å². The molecule has 0 aromatic heterocycles. The molecule has 10 nitrogen and oxygen atoms in total. The van der Waals surface area contributed by atoms with Gasteiger partial charge in [0, 0.05) is 41.9 Å². The highest BCUT2D eigenvalue weighted by molar-refractivity contribution is 5.68. The Morgan fingerprint density at radius 2 is 1.12 bits per heavy atom. The van der Waals surface area contributed by atoms with E-state index < -0.39 is 48.3 Å². The van der Waals surface area contributed by atoms with Crippen molar-refractivity contribution in [3.63, 3.8) is 0 Å². The Morgan fingerprint density at radius 3 is 1.46 bits per heavy atom. The lowest BCUT2D eigenvalue weighted by Crippen LogP contribution is -2.53. The lowest BCUT2D eigenvalue weighted by molar-refractivity contribution is -0.200. The van der Waals surface area contributed by atoms with E-state index >= 15 is 0 Å². The monoisotopic (exact) mass is 378 g/mol. The Kier molecular flexibility index (Phi) is 11.2. The van der Waals surface area contributed by atoms with Gasteiger partial charge >= 0.3 is 23.9 Å². The molecule has 4 atom stereocenters. The molecule has 0 saturated carbocycles. The van der Waals surface area contributed by atoms with Gasteiger partial charge in [-0.15, -0.1) is 0 Å². The van der Waals surface area contributed by atoms with Gasteiger partial charge in [-0.2, -0.15) is 0 Å². The molecular formula is C16H26O10. The second kappa shape index (κ2) is 12.2. The summed E-state index contributed by atoms with van der Waals surface area (Å²) in [6, 6.07) is 0. The van der Waals surface area contributed by atoms with Gasteiger partial charge in [-0.25, -0.2) is 0 Å². The first-order chi connectivity index (χ1) is 12.1. The maximum Gasteiger partial charge on any atom is 0.303 e. The van der Waals surface area contributed by atoms with E-state index in [0.717, 1.165) is 13.8 Å². The van der Waals surface area contributed by atoms with Crippen LogP contribution in [0.25, 0.3) is 0 Å². The van der Waals surface area contributed by atoms with E-state index in [9.17, 15) is 19.2 Å². The van der Waals surface area contributed by atoms with Gasteiger partial charge in [-0.3, -0.25) is 19.2 Å². The number of rotatable bonds is 11. The summed E-state index contributed by atoms with van der Waals surface area (Å²) in [5, 5.41) is 0. The molecule has 150 valence electrons. The van der Waals surface area contributed by atoms with Crippen molar-refractivity contribution >= 4 is 23.9 Å². The number of esters is 4. The van der Waals surface area contributed by atoms with Crippen LogP contribution in [0.1, 0.15) is 27.7 Å².